The third-order valence-corrected chi connectivity index (χ3v) is 7.38. The molecule has 1 aliphatic heterocycles. The van der Waals surface area contributed by atoms with E-state index in [2.05, 4.69) is 20.9 Å². The van der Waals surface area contributed by atoms with Gasteiger partial charge in [0.1, 0.15) is 5.52 Å². The first-order valence-electron chi connectivity index (χ1n) is 8.16. The predicted molar refractivity (Wildman–Crippen MR) is 98.9 cm³/mol. The van der Waals surface area contributed by atoms with E-state index in [1.54, 1.807) is 24.3 Å². The Balaban J connectivity index is 1.63. The largest absolute Gasteiger partial charge is 0.440 e. The maximum absolute atomic E-state index is 13.0. The quantitative estimate of drug-likeness (QED) is 0.637. The zero-order valence-corrected chi connectivity index (χ0v) is 15.8. The number of benzene rings is 2. The molecule has 3 aromatic rings. The highest BCUT2D eigenvalue weighted by molar-refractivity contribution is 9.10. The summed E-state index contributed by atoms with van der Waals surface area (Å²) >= 11 is 3.35. The summed E-state index contributed by atoms with van der Waals surface area (Å²) in [5.41, 5.74) is 1.55. The summed E-state index contributed by atoms with van der Waals surface area (Å²) in [6.07, 6.45) is 1.65. The van der Waals surface area contributed by atoms with Crippen molar-refractivity contribution in [3.63, 3.8) is 0 Å². The fraction of sp³-hybridized carbons (Fsp3) is 0.278. The molecule has 1 aromatic heterocycles. The summed E-state index contributed by atoms with van der Waals surface area (Å²) in [6.45, 7) is 0.900. The highest BCUT2D eigenvalue weighted by Gasteiger charge is 2.33. The molecule has 25 heavy (non-hydrogen) atoms. The van der Waals surface area contributed by atoms with Gasteiger partial charge >= 0.3 is 0 Å². The van der Waals surface area contributed by atoms with Crippen molar-refractivity contribution in [3.05, 3.63) is 58.9 Å². The van der Waals surface area contributed by atoms with Crippen molar-refractivity contribution >= 4 is 37.1 Å². The lowest BCUT2D eigenvalue weighted by molar-refractivity contribution is 0.288. The van der Waals surface area contributed by atoms with E-state index < -0.39 is 10.0 Å². The number of oxazole rings is 1. The van der Waals surface area contributed by atoms with E-state index in [0.29, 0.717) is 28.3 Å². The van der Waals surface area contributed by atoms with Gasteiger partial charge in [-0.3, -0.25) is 0 Å². The van der Waals surface area contributed by atoms with Gasteiger partial charge in [0.2, 0.25) is 10.0 Å². The SMILES string of the molecule is O=S(=O)(c1ccccc1Br)N1CCCC(c2nc3ccccc3o2)C1. The van der Waals surface area contributed by atoms with Crippen LogP contribution in [0, 0.1) is 0 Å². The van der Waals surface area contributed by atoms with E-state index in [-0.39, 0.29) is 5.92 Å². The van der Waals surface area contributed by atoms with Crippen LogP contribution in [0.3, 0.4) is 0 Å². The van der Waals surface area contributed by atoms with Crippen molar-refractivity contribution in [1.82, 2.24) is 9.29 Å². The summed E-state index contributed by atoms with van der Waals surface area (Å²) in [7, 11) is -3.55. The van der Waals surface area contributed by atoms with Gasteiger partial charge in [-0.15, -0.1) is 0 Å². The van der Waals surface area contributed by atoms with Crippen molar-refractivity contribution in [1.29, 1.82) is 0 Å². The van der Waals surface area contributed by atoms with Crippen molar-refractivity contribution < 1.29 is 12.8 Å². The zero-order valence-electron chi connectivity index (χ0n) is 13.4. The number of halogens is 1. The molecule has 1 atom stereocenters. The minimum atomic E-state index is -3.55. The Kier molecular flexibility index (Phi) is 4.39. The van der Waals surface area contributed by atoms with Gasteiger partial charge in [-0.05, 0) is 53.0 Å². The molecule has 0 N–H and O–H groups in total. The molecule has 7 heteroatoms. The van der Waals surface area contributed by atoms with E-state index >= 15 is 0 Å². The number of piperidine rings is 1. The van der Waals surface area contributed by atoms with Gasteiger partial charge in [0.25, 0.3) is 0 Å². The topological polar surface area (TPSA) is 63.4 Å². The van der Waals surface area contributed by atoms with Crippen molar-refractivity contribution in [3.8, 4) is 0 Å². The molecule has 1 fully saturated rings. The fourth-order valence-corrected chi connectivity index (χ4v) is 5.71. The summed E-state index contributed by atoms with van der Waals surface area (Å²) in [5.74, 6) is 0.589. The summed E-state index contributed by atoms with van der Waals surface area (Å²) in [4.78, 5) is 4.85. The number of fused-ring (bicyclic) bond motifs is 1. The van der Waals surface area contributed by atoms with E-state index in [0.717, 1.165) is 23.9 Å². The monoisotopic (exact) mass is 420 g/mol. The predicted octanol–water partition coefficient (Wildman–Crippen LogP) is 4.16. The molecule has 1 saturated heterocycles. The second kappa shape index (κ2) is 6.55. The molecule has 0 radical (unpaired) electrons. The smallest absolute Gasteiger partial charge is 0.244 e. The Morgan fingerprint density at radius 3 is 2.68 bits per heavy atom. The molecule has 2 heterocycles. The van der Waals surface area contributed by atoms with E-state index in [9.17, 15) is 8.42 Å². The second-order valence-corrected chi connectivity index (χ2v) is 8.91. The highest BCUT2D eigenvalue weighted by atomic mass is 79.9. The summed E-state index contributed by atoms with van der Waals surface area (Å²) in [6, 6.07) is 14.5. The molecule has 1 aliphatic rings. The van der Waals surface area contributed by atoms with Gasteiger partial charge < -0.3 is 4.42 Å². The number of para-hydroxylation sites is 2. The maximum atomic E-state index is 13.0. The first-order chi connectivity index (χ1) is 12.1. The number of sulfonamides is 1. The van der Waals surface area contributed by atoms with Gasteiger partial charge in [0, 0.05) is 23.5 Å². The first kappa shape index (κ1) is 16.8. The molecule has 130 valence electrons. The minimum absolute atomic E-state index is 0.0292. The van der Waals surface area contributed by atoms with E-state index in [4.69, 9.17) is 4.42 Å². The third-order valence-electron chi connectivity index (χ3n) is 4.50. The molecular weight excluding hydrogens is 404 g/mol. The molecule has 5 nitrogen and oxygen atoms in total. The molecule has 1 unspecified atom stereocenters. The van der Waals surface area contributed by atoms with Gasteiger partial charge in [-0.2, -0.15) is 4.31 Å². The Hall–Kier alpha value is -1.70. The Labute approximate surface area is 154 Å². The lowest BCUT2D eigenvalue weighted by Crippen LogP contribution is -2.39. The van der Waals surface area contributed by atoms with Crippen LogP contribution in [0.4, 0.5) is 0 Å². The summed E-state index contributed by atoms with van der Waals surface area (Å²) in [5, 5.41) is 0. The first-order valence-corrected chi connectivity index (χ1v) is 10.4. The average Bonchev–Trinajstić information content (AvgIpc) is 3.06. The number of aromatic nitrogens is 1. The van der Waals surface area contributed by atoms with E-state index in [1.807, 2.05) is 24.3 Å². The van der Waals surface area contributed by atoms with Crippen molar-refractivity contribution in [2.24, 2.45) is 0 Å². The van der Waals surface area contributed by atoms with Crippen LogP contribution in [0.5, 0.6) is 0 Å². The molecule has 0 bridgehead atoms. The van der Waals surface area contributed by atoms with Crippen LogP contribution in [0.2, 0.25) is 0 Å². The van der Waals surface area contributed by atoms with Crippen LogP contribution in [-0.2, 0) is 10.0 Å². The number of nitrogens with zero attached hydrogens (tertiary/aromatic N) is 2. The Morgan fingerprint density at radius 2 is 1.88 bits per heavy atom. The fourth-order valence-electron chi connectivity index (χ4n) is 3.22. The lowest BCUT2D eigenvalue weighted by atomic mass is 10.00. The van der Waals surface area contributed by atoms with Gasteiger partial charge in [0.05, 0.1) is 4.90 Å². The van der Waals surface area contributed by atoms with Crippen molar-refractivity contribution in [2.45, 2.75) is 23.7 Å². The number of hydrogen-bond acceptors (Lipinski definition) is 4. The zero-order chi connectivity index (χ0) is 17.4. The average molecular weight is 421 g/mol. The van der Waals surface area contributed by atoms with Gasteiger partial charge in [0.15, 0.2) is 11.5 Å². The van der Waals surface area contributed by atoms with Crippen LogP contribution in [0.15, 0.2) is 62.3 Å². The molecule has 0 saturated carbocycles. The third kappa shape index (κ3) is 3.12. The van der Waals surface area contributed by atoms with Gasteiger partial charge in [-0.25, -0.2) is 13.4 Å². The van der Waals surface area contributed by atoms with Gasteiger partial charge in [-0.1, -0.05) is 24.3 Å². The van der Waals surface area contributed by atoms with Crippen molar-refractivity contribution in [2.75, 3.05) is 13.1 Å². The Morgan fingerprint density at radius 1 is 1.12 bits per heavy atom. The normalized spacial score (nSPS) is 19.3. The highest BCUT2D eigenvalue weighted by Crippen LogP contribution is 2.33. The van der Waals surface area contributed by atoms with Crippen LogP contribution in [0.1, 0.15) is 24.7 Å². The lowest BCUT2D eigenvalue weighted by Gasteiger charge is -2.30. The molecule has 0 spiro atoms. The molecule has 4 rings (SSSR count). The Bertz CT molecular complexity index is 983. The van der Waals surface area contributed by atoms with Crippen LogP contribution in [0.25, 0.3) is 11.1 Å². The van der Waals surface area contributed by atoms with E-state index in [1.165, 1.54) is 4.31 Å². The van der Waals surface area contributed by atoms with Crippen LogP contribution >= 0.6 is 15.9 Å². The maximum Gasteiger partial charge on any atom is 0.244 e. The summed E-state index contributed by atoms with van der Waals surface area (Å²) < 4.78 is 34.0. The van der Waals surface area contributed by atoms with Crippen LogP contribution in [-0.4, -0.2) is 30.8 Å². The van der Waals surface area contributed by atoms with Crippen LogP contribution < -0.4 is 0 Å². The molecule has 2 aromatic carbocycles. The standard InChI is InChI=1S/C18H17BrN2O3S/c19-14-7-1-4-10-17(14)25(22,23)21-11-5-6-13(12-21)18-20-15-8-2-3-9-16(15)24-18/h1-4,7-10,13H,5-6,11-12H2. The number of rotatable bonds is 3. The minimum Gasteiger partial charge on any atom is -0.440 e. The molecule has 0 amide bonds. The second-order valence-electron chi connectivity index (χ2n) is 6.15. The number of hydrogen-bond donors (Lipinski definition) is 0. The molecule has 0 aliphatic carbocycles. The molecular formula is C18H17BrN2O3S.